The number of piperazine rings is 1. The van der Waals surface area contributed by atoms with Gasteiger partial charge >= 0.3 is 0 Å². The highest BCUT2D eigenvalue weighted by Gasteiger charge is 2.21. The number of rotatable bonds is 6. The largest absolute Gasteiger partial charge is 0.360 e. The number of benzene rings is 1. The van der Waals surface area contributed by atoms with Gasteiger partial charge in [-0.25, -0.2) is 0 Å². The van der Waals surface area contributed by atoms with Gasteiger partial charge in [0.2, 0.25) is 0 Å². The van der Waals surface area contributed by atoms with Crippen molar-refractivity contribution >= 4 is 5.91 Å². The van der Waals surface area contributed by atoms with Crippen molar-refractivity contribution in [2.24, 2.45) is 0 Å². The normalized spacial score (nSPS) is 16.1. The van der Waals surface area contributed by atoms with Gasteiger partial charge in [-0.3, -0.25) is 4.79 Å². The zero-order valence-corrected chi connectivity index (χ0v) is 14.4. The second-order valence-corrected chi connectivity index (χ2v) is 6.19. The van der Waals surface area contributed by atoms with Crippen molar-refractivity contribution in [2.75, 3.05) is 39.3 Å². The van der Waals surface area contributed by atoms with Gasteiger partial charge < -0.3 is 14.7 Å². The fourth-order valence-electron chi connectivity index (χ4n) is 2.97. The van der Waals surface area contributed by atoms with Crippen molar-refractivity contribution in [3.8, 4) is 11.3 Å². The van der Waals surface area contributed by atoms with Crippen LogP contribution in [0.15, 0.2) is 34.9 Å². The Morgan fingerprint density at radius 3 is 2.68 bits per heavy atom. The molecule has 1 aliphatic rings. The average Bonchev–Trinajstić information content (AvgIpc) is 3.02. The zero-order chi connectivity index (χ0) is 17.6. The summed E-state index contributed by atoms with van der Waals surface area (Å²) in [4.78, 5) is 14.7. The second kappa shape index (κ2) is 8.22. The molecule has 1 aromatic heterocycles. The summed E-state index contributed by atoms with van der Waals surface area (Å²) < 4.78 is 18.2. The standard InChI is InChI=1S/C18H23FN4O2/c1-14-16(17(21-25-14)15-6-3-2-4-7-15)18(24)20-8-5-9-22-10-12-23(19)13-11-22/h2-4,6-7H,5,8-13H2,1H3,(H,20,24). The molecule has 3 rings (SSSR count). The van der Waals surface area contributed by atoms with E-state index in [-0.39, 0.29) is 5.91 Å². The van der Waals surface area contributed by atoms with Crippen molar-refractivity contribution in [2.45, 2.75) is 13.3 Å². The van der Waals surface area contributed by atoms with Gasteiger partial charge in [0.05, 0.1) is 0 Å². The predicted octanol–water partition coefficient (Wildman–Crippen LogP) is 2.27. The first-order valence-electron chi connectivity index (χ1n) is 8.58. The highest BCUT2D eigenvalue weighted by molar-refractivity contribution is 6.00. The first-order valence-corrected chi connectivity index (χ1v) is 8.58. The number of carbonyl (C=O) groups is 1. The predicted molar refractivity (Wildman–Crippen MR) is 92.7 cm³/mol. The lowest BCUT2D eigenvalue weighted by atomic mass is 10.1. The number of nitrogens with zero attached hydrogens (tertiary/aromatic N) is 3. The maximum Gasteiger partial charge on any atom is 0.257 e. The number of amides is 1. The first kappa shape index (κ1) is 17.6. The molecule has 0 saturated carbocycles. The van der Waals surface area contributed by atoms with Gasteiger partial charge in [0.1, 0.15) is 17.0 Å². The fraction of sp³-hybridized carbons (Fsp3) is 0.444. The Morgan fingerprint density at radius 1 is 1.24 bits per heavy atom. The van der Waals surface area contributed by atoms with Crippen molar-refractivity contribution in [1.82, 2.24) is 20.5 Å². The summed E-state index contributed by atoms with van der Waals surface area (Å²) in [5.74, 6) is 0.335. The molecule has 0 spiro atoms. The molecule has 2 heterocycles. The highest BCUT2D eigenvalue weighted by Crippen LogP contribution is 2.24. The van der Waals surface area contributed by atoms with E-state index in [1.807, 2.05) is 30.3 Å². The minimum Gasteiger partial charge on any atom is -0.360 e. The summed E-state index contributed by atoms with van der Waals surface area (Å²) in [5.41, 5.74) is 1.90. The molecule has 7 heteroatoms. The fourth-order valence-corrected chi connectivity index (χ4v) is 2.97. The van der Waals surface area contributed by atoms with Crippen molar-refractivity contribution in [1.29, 1.82) is 0 Å². The van der Waals surface area contributed by atoms with E-state index in [4.69, 9.17) is 4.52 Å². The van der Waals surface area contributed by atoms with Crippen LogP contribution in [0.5, 0.6) is 0 Å². The molecule has 1 amide bonds. The van der Waals surface area contributed by atoms with E-state index in [1.54, 1.807) is 6.92 Å². The first-order chi connectivity index (χ1) is 12.1. The highest BCUT2D eigenvalue weighted by atomic mass is 19.2. The average molecular weight is 346 g/mol. The summed E-state index contributed by atoms with van der Waals surface area (Å²) in [5, 5.41) is 7.81. The molecule has 1 fully saturated rings. The number of halogens is 1. The maximum atomic E-state index is 13.0. The SMILES string of the molecule is Cc1onc(-c2ccccc2)c1C(=O)NCCCN1CCN(F)CC1. The van der Waals surface area contributed by atoms with E-state index in [2.05, 4.69) is 15.4 Å². The van der Waals surface area contributed by atoms with Crippen LogP contribution in [0.25, 0.3) is 11.3 Å². The van der Waals surface area contributed by atoms with Crippen LogP contribution in [0.1, 0.15) is 22.5 Å². The molecule has 0 aliphatic carbocycles. The van der Waals surface area contributed by atoms with E-state index in [0.717, 1.165) is 36.7 Å². The molecular formula is C18H23FN4O2. The Hall–Kier alpha value is -2.25. The summed E-state index contributed by atoms with van der Waals surface area (Å²) in [7, 11) is 0. The number of hydrogen-bond donors (Lipinski definition) is 1. The zero-order valence-electron chi connectivity index (χ0n) is 14.4. The monoisotopic (exact) mass is 346 g/mol. The van der Waals surface area contributed by atoms with E-state index >= 15 is 0 Å². The van der Waals surface area contributed by atoms with Crippen molar-refractivity contribution in [3.63, 3.8) is 0 Å². The van der Waals surface area contributed by atoms with Crippen LogP contribution >= 0.6 is 0 Å². The lowest BCUT2D eigenvalue weighted by Gasteiger charge is -2.29. The van der Waals surface area contributed by atoms with E-state index in [1.165, 1.54) is 0 Å². The van der Waals surface area contributed by atoms with Gasteiger partial charge in [-0.1, -0.05) is 35.5 Å². The molecular weight excluding hydrogens is 323 g/mol. The van der Waals surface area contributed by atoms with E-state index < -0.39 is 0 Å². The van der Waals surface area contributed by atoms with Gasteiger partial charge in [0.15, 0.2) is 0 Å². The summed E-state index contributed by atoms with van der Waals surface area (Å²) in [6, 6.07) is 9.52. The molecule has 134 valence electrons. The number of hydrogen-bond acceptors (Lipinski definition) is 5. The summed E-state index contributed by atoms with van der Waals surface area (Å²) in [6.07, 6.45) is 0.822. The maximum absolute atomic E-state index is 13.0. The Bertz CT molecular complexity index is 696. The third-order valence-corrected chi connectivity index (χ3v) is 4.39. The molecule has 1 N–H and O–H groups in total. The van der Waals surface area contributed by atoms with Crippen molar-refractivity contribution < 1.29 is 13.8 Å². The number of nitrogens with one attached hydrogen (secondary N) is 1. The van der Waals surface area contributed by atoms with Gasteiger partial charge in [-0.15, -0.1) is 9.60 Å². The number of aromatic nitrogens is 1. The number of carbonyl (C=O) groups excluding carboxylic acids is 1. The Kier molecular flexibility index (Phi) is 5.78. The van der Waals surface area contributed by atoms with Gasteiger partial charge in [-0.05, 0) is 19.9 Å². The smallest absolute Gasteiger partial charge is 0.257 e. The molecule has 6 nitrogen and oxygen atoms in total. The third kappa shape index (κ3) is 4.43. The van der Waals surface area contributed by atoms with Crippen LogP contribution in [-0.4, -0.2) is 60.4 Å². The van der Waals surface area contributed by atoms with Gasteiger partial charge in [-0.2, -0.15) is 0 Å². The lowest BCUT2D eigenvalue weighted by molar-refractivity contribution is -0.0215. The molecule has 0 atom stereocenters. The second-order valence-electron chi connectivity index (χ2n) is 6.19. The molecule has 2 aromatic rings. The van der Waals surface area contributed by atoms with Crippen LogP contribution in [0, 0.1) is 6.92 Å². The summed E-state index contributed by atoms with van der Waals surface area (Å²) >= 11 is 0. The summed E-state index contributed by atoms with van der Waals surface area (Å²) in [6.45, 7) is 5.51. The lowest BCUT2D eigenvalue weighted by Crippen LogP contribution is -2.43. The Labute approximate surface area is 146 Å². The van der Waals surface area contributed by atoms with E-state index in [9.17, 15) is 9.28 Å². The van der Waals surface area contributed by atoms with Gasteiger partial charge in [0, 0.05) is 38.3 Å². The van der Waals surface area contributed by atoms with Crippen LogP contribution in [0.4, 0.5) is 4.48 Å². The Balaban J connectivity index is 1.53. The van der Waals surface area contributed by atoms with Crippen LogP contribution < -0.4 is 5.32 Å². The molecule has 1 aliphatic heterocycles. The van der Waals surface area contributed by atoms with Gasteiger partial charge in [0.25, 0.3) is 5.91 Å². The molecule has 0 bridgehead atoms. The quantitative estimate of drug-likeness (QED) is 0.642. The third-order valence-electron chi connectivity index (χ3n) is 4.39. The van der Waals surface area contributed by atoms with Crippen LogP contribution in [0.2, 0.25) is 0 Å². The minimum atomic E-state index is -0.175. The van der Waals surface area contributed by atoms with Crippen LogP contribution in [0.3, 0.4) is 0 Å². The molecule has 1 aromatic carbocycles. The molecule has 0 unspecified atom stereocenters. The van der Waals surface area contributed by atoms with Crippen LogP contribution in [-0.2, 0) is 0 Å². The molecule has 1 saturated heterocycles. The molecule has 0 radical (unpaired) electrons. The minimum absolute atomic E-state index is 0.175. The topological polar surface area (TPSA) is 61.6 Å². The van der Waals surface area contributed by atoms with Crippen molar-refractivity contribution in [3.05, 3.63) is 41.7 Å². The molecule has 25 heavy (non-hydrogen) atoms. The van der Waals surface area contributed by atoms with E-state index in [0.29, 0.717) is 36.7 Å². The number of aryl methyl sites for hydroxylation is 1. The Morgan fingerprint density at radius 2 is 1.96 bits per heavy atom.